The highest BCUT2D eigenvalue weighted by molar-refractivity contribution is 6.21. The second-order valence-corrected chi connectivity index (χ2v) is 13.0. The van der Waals surface area contributed by atoms with E-state index in [1.807, 2.05) is 30.6 Å². The molecule has 2 unspecified atom stereocenters. The maximum atomic E-state index is 4.90. The van der Waals surface area contributed by atoms with Gasteiger partial charge in [-0.1, -0.05) is 121 Å². The Morgan fingerprint density at radius 3 is 1.90 bits per heavy atom. The minimum Gasteiger partial charge on any atom is -0.308 e. The number of benzene rings is 5. The minimum atomic E-state index is 0.372. The Bertz CT molecular complexity index is 2650. The summed E-state index contributed by atoms with van der Waals surface area (Å²) in [6, 6.07) is 43.6. The molecular weight excluding hydrogens is 595 g/mol. The van der Waals surface area contributed by atoms with Gasteiger partial charge in [-0.3, -0.25) is 9.97 Å². The summed E-state index contributed by atoms with van der Waals surface area (Å²) in [5, 5.41) is 7.41. The summed E-state index contributed by atoms with van der Waals surface area (Å²) in [5.41, 5.74) is 10.1. The van der Waals surface area contributed by atoms with Gasteiger partial charge in [-0.25, -0.2) is 0 Å². The maximum absolute atomic E-state index is 4.90. The van der Waals surface area contributed by atoms with E-state index in [4.69, 9.17) is 4.98 Å². The summed E-state index contributed by atoms with van der Waals surface area (Å²) in [6.07, 6.45) is 19.9. The van der Waals surface area contributed by atoms with Crippen molar-refractivity contribution in [3.8, 4) is 28.2 Å². The van der Waals surface area contributed by atoms with Crippen molar-refractivity contribution in [3.05, 3.63) is 182 Å². The van der Waals surface area contributed by atoms with Crippen molar-refractivity contribution in [2.45, 2.75) is 0 Å². The molecule has 0 spiro atoms. The molecule has 0 radical (unpaired) electrons. The van der Waals surface area contributed by atoms with Gasteiger partial charge >= 0.3 is 0 Å². The van der Waals surface area contributed by atoms with E-state index in [1.54, 1.807) is 0 Å². The van der Waals surface area contributed by atoms with Crippen LogP contribution in [0.25, 0.3) is 77.1 Å². The lowest BCUT2D eigenvalue weighted by Gasteiger charge is -2.25. The van der Waals surface area contributed by atoms with Gasteiger partial charge in [0, 0.05) is 34.5 Å². The van der Waals surface area contributed by atoms with Gasteiger partial charge in [-0.05, 0) is 86.3 Å². The fraction of sp³-hybridized carbons (Fsp3) is 0.0435. The molecule has 2 aliphatic carbocycles. The zero-order chi connectivity index (χ0) is 32.3. The van der Waals surface area contributed by atoms with Crippen LogP contribution in [0.3, 0.4) is 0 Å². The fourth-order valence-electron chi connectivity index (χ4n) is 7.98. The highest BCUT2D eigenvalue weighted by Gasteiger charge is 2.23. The van der Waals surface area contributed by atoms with Gasteiger partial charge in [0.25, 0.3) is 0 Å². The number of fused-ring (bicyclic) bond motifs is 6. The van der Waals surface area contributed by atoms with E-state index in [0.29, 0.717) is 11.8 Å². The van der Waals surface area contributed by atoms with E-state index in [0.717, 1.165) is 33.5 Å². The van der Waals surface area contributed by atoms with Crippen LogP contribution in [0.4, 0.5) is 0 Å². The van der Waals surface area contributed by atoms with Crippen molar-refractivity contribution in [2.75, 3.05) is 0 Å². The molecule has 2 aliphatic rings. The molecule has 0 amide bonds. The van der Waals surface area contributed by atoms with Gasteiger partial charge in [0.15, 0.2) is 0 Å². The van der Waals surface area contributed by atoms with Crippen LogP contribution in [-0.2, 0) is 0 Å². The lowest BCUT2D eigenvalue weighted by atomic mass is 9.79. The second-order valence-electron chi connectivity index (χ2n) is 13.0. The van der Waals surface area contributed by atoms with Crippen LogP contribution in [0.2, 0.25) is 0 Å². The number of allylic oxidation sites excluding steroid dienone is 8. The number of para-hydroxylation sites is 1. The molecule has 230 valence electrons. The number of rotatable bonds is 4. The number of pyridine rings is 2. The molecule has 49 heavy (non-hydrogen) atoms. The van der Waals surface area contributed by atoms with Crippen LogP contribution < -0.4 is 0 Å². The molecule has 3 heterocycles. The van der Waals surface area contributed by atoms with Crippen molar-refractivity contribution in [1.82, 2.24) is 14.5 Å². The van der Waals surface area contributed by atoms with Crippen molar-refractivity contribution < 1.29 is 0 Å². The van der Waals surface area contributed by atoms with E-state index in [9.17, 15) is 0 Å². The van der Waals surface area contributed by atoms with E-state index in [2.05, 4.69) is 155 Å². The average Bonchev–Trinajstić information content (AvgIpc) is 3.50. The predicted molar refractivity (Wildman–Crippen MR) is 205 cm³/mol. The highest BCUT2D eigenvalue weighted by atomic mass is 15.0. The third kappa shape index (κ3) is 4.43. The first-order valence-corrected chi connectivity index (χ1v) is 16.9. The molecule has 2 atom stereocenters. The average molecular weight is 626 g/mol. The molecule has 0 aliphatic heterocycles. The predicted octanol–water partition coefficient (Wildman–Crippen LogP) is 11.5. The smallest absolute Gasteiger partial charge is 0.0893 e. The standard InChI is InChI=1S/C46H31N3/c1-2-14-34(15-3-1)49-43-24-23-33(27-39(43)40-28-42(48-29-44(40)49)41-20-10-11-25-47-41)46-37-18-8-6-16-35(37)45(36-17-7-9-19-38(36)46)32-22-21-30-12-4-5-13-31(30)26-32/h1-31H. The fourth-order valence-corrected chi connectivity index (χ4v) is 7.98. The molecular formula is C46H31N3. The normalized spacial score (nSPS) is 16.9. The van der Waals surface area contributed by atoms with E-state index in [1.165, 1.54) is 49.2 Å². The Labute approximate surface area is 284 Å². The van der Waals surface area contributed by atoms with Crippen LogP contribution in [0.5, 0.6) is 0 Å². The first-order valence-electron chi connectivity index (χ1n) is 16.9. The largest absolute Gasteiger partial charge is 0.308 e. The molecule has 8 aromatic rings. The molecule has 3 nitrogen and oxygen atoms in total. The van der Waals surface area contributed by atoms with Crippen LogP contribution in [0.1, 0.15) is 5.56 Å². The summed E-state index contributed by atoms with van der Waals surface area (Å²) in [7, 11) is 0. The monoisotopic (exact) mass is 625 g/mol. The third-order valence-electron chi connectivity index (χ3n) is 10.2. The molecule has 0 saturated heterocycles. The Hall–Kier alpha value is -6.32. The van der Waals surface area contributed by atoms with Gasteiger partial charge in [-0.2, -0.15) is 0 Å². The van der Waals surface area contributed by atoms with Crippen LogP contribution in [0, 0.1) is 11.8 Å². The summed E-state index contributed by atoms with van der Waals surface area (Å²) in [4.78, 5) is 9.52. The van der Waals surface area contributed by atoms with E-state index >= 15 is 0 Å². The van der Waals surface area contributed by atoms with Crippen molar-refractivity contribution in [1.29, 1.82) is 0 Å². The van der Waals surface area contributed by atoms with Crippen molar-refractivity contribution in [2.24, 2.45) is 11.8 Å². The quantitative estimate of drug-likeness (QED) is 0.182. The Morgan fingerprint density at radius 2 is 1.16 bits per heavy atom. The molecule has 0 bridgehead atoms. The SMILES string of the molecule is C1=CC2C=CC(c3c4ccccc4c(-c4ccc5c(c4)c4cc(-c6ccccn6)ncc4n5-c4ccccc4)c4ccccc34)=CC2C=C1. The van der Waals surface area contributed by atoms with Crippen molar-refractivity contribution in [3.63, 3.8) is 0 Å². The third-order valence-corrected chi connectivity index (χ3v) is 10.2. The highest BCUT2D eigenvalue weighted by Crippen LogP contribution is 2.45. The van der Waals surface area contributed by atoms with Gasteiger partial charge < -0.3 is 4.57 Å². The molecule has 3 heteroatoms. The van der Waals surface area contributed by atoms with Gasteiger partial charge in [0.2, 0.25) is 0 Å². The number of nitrogens with zero attached hydrogens (tertiary/aromatic N) is 3. The zero-order valence-corrected chi connectivity index (χ0v) is 26.7. The first-order chi connectivity index (χ1) is 24.3. The Morgan fingerprint density at radius 1 is 0.490 bits per heavy atom. The molecule has 0 saturated carbocycles. The molecule has 10 rings (SSSR count). The van der Waals surface area contributed by atoms with Gasteiger partial charge in [-0.15, -0.1) is 0 Å². The lowest BCUT2D eigenvalue weighted by Crippen LogP contribution is -2.11. The number of hydrogen-bond acceptors (Lipinski definition) is 2. The van der Waals surface area contributed by atoms with E-state index < -0.39 is 0 Å². The molecule has 3 aromatic heterocycles. The summed E-state index contributed by atoms with van der Waals surface area (Å²) < 4.78 is 2.33. The Balaban J connectivity index is 1.25. The summed E-state index contributed by atoms with van der Waals surface area (Å²) >= 11 is 0. The first kappa shape index (κ1) is 27.8. The van der Waals surface area contributed by atoms with Gasteiger partial charge in [0.1, 0.15) is 0 Å². The molecule has 5 aromatic carbocycles. The Kier molecular flexibility index (Phi) is 6.31. The lowest BCUT2D eigenvalue weighted by molar-refractivity contribution is 0.663. The zero-order valence-electron chi connectivity index (χ0n) is 26.7. The summed E-state index contributed by atoms with van der Waals surface area (Å²) in [5.74, 6) is 0.792. The summed E-state index contributed by atoms with van der Waals surface area (Å²) in [6.45, 7) is 0. The second kappa shape index (κ2) is 11.1. The van der Waals surface area contributed by atoms with Crippen LogP contribution >= 0.6 is 0 Å². The molecule has 0 fully saturated rings. The van der Waals surface area contributed by atoms with Crippen LogP contribution in [-0.4, -0.2) is 14.5 Å². The molecule has 0 N–H and O–H groups in total. The van der Waals surface area contributed by atoms with E-state index in [-0.39, 0.29) is 0 Å². The van der Waals surface area contributed by atoms with Crippen LogP contribution in [0.15, 0.2) is 176 Å². The number of aromatic nitrogens is 3. The minimum absolute atomic E-state index is 0.372. The van der Waals surface area contributed by atoms with Crippen molar-refractivity contribution >= 4 is 48.9 Å². The topological polar surface area (TPSA) is 30.7 Å². The van der Waals surface area contributed by atoms with Gasteiger partial charge in [0.05, 0.1) is 28.6 Å². The number of hydrogen-bond donors (Lipinski definition) is 0. The maximum Gasteiger partial charge on any atom is 0.0893 e.